The van der Waals surface area contributed by atoms with Crippen molar-refractivity contribution in [3.05, 3.63) is 59.4 Å². The van der Waals surface area contributed by atoms with Gasteiger partial charge in [0.15, 0.2) is 0 Å². The number of pyridine rings is 1. The molecular formula is C16H17N3O. The molecule has 0 fully saturated rings. The SMILES string of the molecule is COc1ccc(CNC(C)c2cccnc2)cc1C#N. The standard InChI is InChI=1S/C16H17N3O/c1-12(14-4-3-7-18-11-14)19-10-13-5-6-16(20-2)15(8-13)9-17/h3-8,11-12,19H,10H2,1-2H3. The monoisotopic (exact) mass is 267 g/mol. The molecule has 1 aromatic heterocycles. The summed E-state index contributed by atoms with van der Waals surface area (Å²) in [6.45, 7) is 2.78. The number of hydrogen-bond acceptors (Lipinski definition) is 4. The maximum Gasteiger partial charge on any atom is 0.136 e. The minimum Gasteiger partial charge on any atom is -0.495 e. The van der Waals surface area contributed by atoms with E-state index in [1.54, 1.807) is 13.3 Å². The highest BCUT2D eigenvalue weighted by Gasteiger charge is 2.07. The van der Waals surface area contributed by atoms with Crippen molar-refractivity contribution in [2.75, 3.05) is 7.11 Å². The van der Waals surface area contributed by atoms with Crippen molar-refractivity contribution in [3.63, 3.8) is 0 Å². The molecule has 0 aliphatic rings. The number of rotatable bonds is 5. The number of benzene rings is 1. The minimum absolute atomic E-state index is 0.205. The van der Waals surface area contributed by atoms with Crippen molar-refractivity contribution in [2.45, 2.75) is 19.5 Å². The Morgan fingerprint density at radius 1 is 1.40 bits per heavy atom. The predicted octanol–water partition coefficient (Wildman–Crippen LogP) is 2.81. The third kappa shape index (κ3) is 3.34. The molecule has 1 N–H and O–H groups in total. The molecule has 0 aliphatic heterocycles. The van der Waals surface area contributed by atoms with E-state index in [1.165, 1.54) is 0 Å². The zero-order valence-corrected chi connectivity index (χ0v) is 11.6. The van der Waals surface area contributed by atoms with Crippen LogP contribution in [0.2, 0.25) is 0 Å². The Kier molecular flexibility index (Phi) is 4.70. The zero-order valence-electron chi connectivity index (χ0n) is 11.6. The lowest BCUT2D eigenvalue weighted by Crippen LogP contribution is -2.18. The Balaban J connectivity index is 2.03. The Morgan fingerprint density at radius 3 is 2.90 bits per heavy atom. The van der Waals surface area contributed by atoms with Crippen molar-refractivity contribution in [1.29, 1.82) is 5.26 Å². The number of methoxy groups -OCH3 is 1. The summed E-state index contributed by atoms with van der Waals surface area (Å²) in [4.78, 5) is 4.11. The van der Waals surface area contributed by atoms with Crippen molar-refractivity contribution < 1.29 is 4.74 Å². The molecule has 4 heteroatoms. The molecule has 102 valence electrons. The third-order valence-electron chi connectivity index (χ3n) is 3.18. The van der Waals surface area contributed by atoms with Gasteiger partial charge in [0.05, 0.1) is 12.7 Å². The van der Waals surface area contributed by atoms with Gasteiger partial charge in [-0.25, -0.2) is 0 Å². The van der Waals surface area contributed by atoms with E-state index in [-0.39, 0.29) is 6.04 Å². The van der Waals surface area contributed by atoms with Gasteiger partial charge in [-0.2, -0.15) is 5.26 Å². The highest BCUT2D eigenvalue weighted by atomic mass is 16.5. The number of aromatic nitrogens is 1. The quantitative estimate of drug-likeness (QED) is 0.905. The molecule has 0 spiro atoms. The largest absolute Gasteiger partial charge is 0.495 e. The van der Waals surface area contributed by atoms with Crippen LogP contribution in [0.4, 0.5) is 0 Å². The van der Waals surface area contributed by atoms with E-state index in [9.17, 15) is 0 Å². The summed E-state index contributed by atoms with van der Waals surface area (Å²) in [7, 11) is 1.57. The maximum atomic E-state index is 9.07. The number of nitrogens with one attached hydrogen (secondary N) is 1. The molecule has 1 heterocycles. The second kappa shape index (κ2) is 6.69. The second-order valence-electron chi connectivity index (χ2n) is 4.54. The molecule has 1 atom stereocenters. The molecular weight excluding hydrogens is 250 g/mol. The van der Waals surface area contributed by atoms with Crippen LogP contribution in [-0.4, -0.2) is 12.1 Å². The van der Waals surface area contributed by atoms with Crippen molar-refractivity contribution >= 4 is 0 Å². The molecule has 0 bridgehead atoms. The molecule has 20 heavy (non-hydrogen) atoms. The number of nitrogens with zero attached hydrogens (tertiary/aromatic N) is 2. The van der Waals surface area contributed by atoms with E-state index in [4.69, 9.17) is 10.00 Å². The van der Waals surface area contributed by atoms with Crippen LogP contribution in [0.15, 0.2) is 42.7 Å². The van der Waals surface area contributed by atoms with Gasteiger partial charge in [-0.1, -0.05) is 12.1 Å². The van der Waals surface area contributed by atoms with Crippen molar-refractivity contribution in [2.24, 2.45) is 0 Å². The lowest BCUT2D eigenvalue weighted by Gasteiger charge is -2.14. The molecule has 0 radical (unpaired) electrons. The first-order chi connectivity index (χ1) is 9.74. The van der Waals surface area contributed by atoms with Gasteiger partial charge in [0.1, 0.15) is 11.8 Å². The minimum atomic E-state index is 0.205. The summed E-state index contributed by atoms with van der Waals surface area (Å²) >= 11 is 0. The molecule has 4 nitrogen and oxygen atoms in total. The number of hydrogen-bond donors (Lipinski definition) is 1. The summed E-state index contributed by atoms with van der Waals surface area (Å²) in [6.07, 6.45) is 3.62. The average Bonchev–Trinajstić information content (AvgIpc) is 2.53. The number of nitriles is 1. The van der Waals surface area contributed by atoms with Gasteiger partial charge in [0.2, 0.25) is 0 Å². The molecule has 0 aliphatic carbocycles. The fourth-order valence-corrected chi connectivity index (χ4v) is 1.97. The molecule has 0 amide bonds. The summed E-state index contributed by atoms with van der Waals surface area (Å²) in [6, 6.07) is 11.9. The van der Waals surface area contributed by atoms with Gasteiger partial charge < -0.3 is 10.1 Å². The average molecular weight is 267 g/mol. The van der Waals surface area contributed by atoms with Crippen LogP contribution in [0.1, 0.15) is 29.7 Å². The second-order valence-corrected chi connectivity index (χ2v) is 4.54. The van der Waals surface area contributed by atoms with Crippen LogP contribution in [0.5, 0.6) is 5.75 Å². The topological polar surface area (TPSA) is 57.9 Å². The summed E-state index contributed by atoms with van der Waals surface area (Å²) in [5.74, 6) is 0.608. The Morgan fingerprint density at radius 2 is 2.25 bits per heavy atom. The van der Waals surface area contributed by atoms with Crippen LogP contribution in [0, 0.1) is 11.3 Å². The van der Waals surface area contributed by atoms with Crippen LogP contribution >= 0.6 is 0 Å². The van der Waals surface area contributed by atoms with Crippen LogP contribution in [0.3, 0.4) is 0 Å². The predicted molar refractivity (Wildman–Crippen MR) is 77.2 cm³/mol. The van der Waals surface area contributed by atoms with Crippen molar-refractivity contribution in [3.8, 4) is 11.8 Å². The van der Waals surface area contributed by atoms with Gasteiger partial charge in [-0.3, -0.25) is 4.98 Å². The van der Waals surface area contributed by atoms with E-state index in [0.29, 0.717) is 17.9 Å². The lowest BCUT2D eigenvalue weighted by atomic mass is 10.1. The highest BCUT2D eigenvalue weighted by molar-refractivity contribution is 5.45. The molecule has 1 unspecified atom stereocenters. The number of ether oxygens (including phenoxy) is 1. The van der Waals surface area contributed by atoms with Gasteiger partial charge in [-0.15, -0.1) is 0 Å². The van der Waals surface area contributed by atoms with Gasteiger partial charge in [0, 0.05) is 25.0 Å². The van der Waals surface area contributed by atoms with E-state index in [2.05, 4.69) is 23.3 Å². The summed E-state index contributed by atoms with van der Waals surface area (Å²) in [5, 5.41) is 12.5. The maximum absolute atomic E-state index is 9.07. The third-order valence-corrected chi connectivity index (χ3v) is 3.18. The van der Waals surface area contributed by atoms with Crippen LogP contribution in [0.25, 0.3) is 0 Å². The molecule has 2 rings (SSSR count). The Labute approximate surface area is 119 Å². The summed E-state index contributed by atoms with van der Waals surface area (Å²) < 4.78 is 5.13. The Hall–Kier alpha value is -2.38. The van der Waals surface area contributed by atoms with Gasteiger partial charge >= 0.3 is 0 Å². The van der Waals surface area contributed by atoms with Gasteiger partial charge in [-0.05, 0) is 36.2 Å². The first-order valence-electron chi connectivity index (χ1n) is 6.45. The zero-order chi connectivity index (χ0) is 14.4. The normalized spacial score (nSPS) is 11.7. The van der Waals surface area contributed by atoms with E-state index in [0.717, 1.165) is 11.1 Å². The van der Waals surface area contributed by atoms with Crippen molar-refractivity contribution in [1.82, 2.24) is 10.3 Å². The smallest absolute Gasteiger partial charge is 0.136 e. The van der Waals surface area contributed by atoms with Crippen LogP contribution < -0.4 is 10.1 Å². The molecule has 0 saturated heterocycles. The molecule has 0 saturated carbocycles. The highest BCUT2D eigenvalue weighted by Crippen LogP contribution is 2.19. The van der Waals surface area contributed by atoms with E-state index in [1.807, 2.05) is 36.5 Å². The summed E-state index contributed by atoms with van der Waals surface area (Å²) in [5.41, 5.74) is 2.75. The Bertz CT molecular complexity index is 605. The molecule has 2 aromatic rings. The first-order valence-corrected chi connectivity index (χ1v) is 6.45. The van der Waals surface area contributed by atoms with Crippen LogP contribution in [-0.2, 0) is 6.54 Å². The van der Waals surface area contributed by atoms with E-state index < -0.39 is 0 Å². The lowest BCUT2D eigenvalue weighted by molar-refractivity contribution is 0.413. The van der Waals surface area contributed by atoms with E-state index >= 15 is 0 Å². The fraction of sp³-hybridized carbons (Fsp3) is 0.250. The molecule has 1 aromatic carbocycles. The fourth-order valence-electron chi connectivity index (χ4n) is 1.97. The first kappa shape index (κ1) is 14.0. The van der Waals surface area contributed by atoms with Gasteiger partial charge in [0.25, 0.3) is 0 Å².